The van der Waals surface area contributed by atoms with E-state index in [2.05, 4.69) is 15.3 Å². The number of fused-ring (bicyclic) bond motifs is 1. The largest absolute Gasteiger partial charge is 0.467 e. The van der Waals surface area contributed by atoms with Gasteiger partial charge in [-0.3, -0.25) is 14.6 Å². The normalized spacial score (nSPS) is 11.7. The van der Waals surface area contributed by atoms with E-state index in [1.807, 2.05) is 13.0 Å². The van der Waals surface area contributed by atoms with E-state index in [0.29, 0.717) is 22.2 Å². The number of ether oxygens (including phenoxy) is 1. The molecule has 1 amide bonds. The summed E-state index contributed by atoms with van der Waals surface area (Å²) < 4.78 is 4.87. The number of nitrogens with two attached hydrogens (primary N) is 2. The van der Waals surface area contributed by atoms with Gasteiger partial charge in [0.2, 0.25) is 5.95 Å². The van der Waals surface area contributed by atoms with E-state index in [0.717, 1.165) is 20.9 Å². The van der Waals surface area contributed by atoms with Crippen molar-refractivity contribution in [3.05, 3.63) is 87.7 Å². The minimum absolute atomic E-state index is 0.0596. The number of anilines is 2. The number of hydrogen-bond donors (Lipinski definition) is 4. The van der Waals surface area contributed by atoms with Crippen molar-refractivity contribution >= 4 is 46.2 Å². The fraction of sp³-hybridized carbons (Fsp3) is 0.154. The monoisotopic (exact) mass is 503 g/mol. The zero-order valence-electron chi connectivity index (χ0n) is 19.7. The van der Waals surface area contributed by atoms with Crippen LogP contribution in [-0.2, 0) is 16.0 Å². The molecule has 9 nitrogen and oxygen atoms in total. The van der Waals surface area contributed by atoms with Gasteiger partial charge in [0.25, 0.3) is 11.5 Å². The number of aromatic nitrogens is 2. The molecule has 1 heterocycles. The summed E-state index contributed by atoms with van der Waals surface area (Å²) in [6.45, 7) is 1.91. The van der Waals surface area contributed by atoms with E-state index >= 15 is 0 Å². The molecule has 1 aromatic heterocycles. The van der Waals surface area contributed by atoms with Gasteiger partial charge in [-0.05, 0) is 60.5 Å². The molecule has 0 fully saturated rings. The van der Waals surface area contributed by atoms with Gasteiger partial charge in [-0.25, -0.2) is 9.78 Å². The summed E-state index contributed by atoms with van der Waals surface area (Å²) in [5, 5.41) is 3.20. The number of nitrogens with zero attached hydrogens (tertiary/aromatic N) is 1. The van der Waals surface area contributed by atoms with Gasteiger partial charge in [0.1, 0.15) is 6.04 Å². The fourth-order valence-corrected chi connectivity index (χ4v) is 4.75. The number of methoxy groups -OCH3 is 1. The van der Waals surface area contributed by atoms with E-state index in [4.69, 9.17) is 16.2 Å². The summed E-state index contributed by atoms with van der Waals surface area (Å²) in [5.74, 6) is -0.891. The number of rotatable bonds is 7. The Hall–Kier alpha value is -4.31. The van der Waals surface area contributed by atoms with Crippen molar-refractivity contribution in [3.63, 3.8) is 0 Å². The van der Waals surface area contributed by atoms with Crippen LogP contribution in [0.25, 0.3) is 10.9 Å². The first kappa shape index (κ1) is 24.8. The predicted octanol–water partition coefficient (Wildman–Crippen LogP) is 3.06. The molecule has 0 aliphatic heterocycles. The molecule has 1 atom stereocenters. The van der Waals surface area contributed by atoms with Crippen molar-refractivity contribution < 1.29 is 14.3 Å². The summed E-state index contributed by atoms with van der Waals surface area (Å²) in [4.78, 5) is 46.1. The van der Waals surface area contributed by atoms with Gasteiger partial charge >= 0.3 is 5.97 Å². The Labute approximate surface area is 211 Å². The number of nitrogen functional groups attached to an aromatic ring is 2. The predicted molar refractivity (Wildman–Crippen MR) is 140 cm³/mol. The van der Waals surface area contributed by atoms with E-state index in [1.54, 1.807) is 54.6 Å². The van der Waals surface area contributed by atoms with Gasteiger partial charge in [-0.2, -0.15) is 0 Å². The topological polar surface area (TPSA) is 153 Å². The quantitative estimate of drug-likeness (QED) is 0.222. The molecule has 3 aromatic carbocycles. The van der Waals surface area contributed by atoms with Gasteiger partial charge in [-0.15, -0.1) is 0 Å². The fourth-order valence-electron chi connectivity index (χ4n) is 3.72. The Bertz CT molecular complexity index is 1480. The van der Waals surface area contributed by atoms with Crippen LogP contribution in [0.3, 0.4) is 0 Å². The van der Waals surface area contributed by atoms with E-state index in [1.165, 1.54) is 18.9 Å². The molecule has 6 N–H and O–H groups in total. The summed E-state index contributed by atoms with van der Waals surface area (Å²) >= 11 is 1.39. The Morgan fingerprint density at radius 3 is 2.42 bits per heavy atom. The maximum absolute atomic E-state index is 12.9. The molecule has 0 bridgehead atoms. The Balaban J connectivity index is 1.52. The molecule has 184 valence electrons. The Kier molecular flexibility index (Phi) is 7.25. The molecule has 0 aliphatic rings. The number of benzene rings is 3. The van der Waals surface area contributed by atoms with Crippen molar-refractivity contribution in [2.75, 3.05) is 18.6 Å². The average Bonchev–Trinajstić information content (AvgIpc) is 2.86. The van der Waals surface area contributed by atoms with Crippen LogP contribution in [0.4, 0.5) is 11.6 Å². The maximum atomic E-state index is 12.9. The summed E-state index contributed by atoms with van der Waals surface area (Å²) in [6.07, 6.45) is 0.264. The first-order chi connectivity index (χ1) is 17.2. The van der Waals surface area contributed by atoms with Crippen molar-refractivity contribution in [2.45, 2.75) is 29.2 Å². The highest BCUT2D eigenvalue weighted by atomic mass is 32.2. The zero-order chi connectivity index (χ0) is 25.8. The zero-order valence-corrected chi connectivity index (χ0v) is 20.5. The number of aromatic amines is 1. The third-order valence-electron chi connectivity index (χ3n) is 5.59. The molecule has 0 saturated carbocycles. The first-order valence-electron chi connectivity index (χ1n) is 11.1. The molecule has 0 aliphatic carbocycles. The third kappa shape index (κ3) is 5.49. The van der Waals surface area contributed by atoms with Gasteiger partial charge in [0.05, 0.1) is 18.0 Å². The van der Waals surface area contributed by atoms with Gasteiger partial charge in [0, 0.05) is 27.5 Å². The number of esters is 1. The van der Waals surface area contributed by atoms with Crippen LogP contribution in [0.5, 0.6) is 0 Å². The molecular formula is C26H25N5O4S. The van der Waals surface area contributed by atoms with Crippen molar-refractivity contribution in [2.24, 2.45) is 0 Å². The summed E-state index contributed by atoms with van der Waals surface area (Å²) in [5.41, 5.74) is 14.3. The van der Waals surface area contributed by atoms with Crippen LogP contribution in [-0.4, -0.2) is 35.0 Å². The molecule has 0 unspecified atom stereocenters. The Morgan fingerprint density at radius 1 is 1.06 bits per heavy atom. The second kappa shape index (κ2) is 10.5. The average molecular weight is 504 g/mol. The lowest BCUT2D eigenvalue weighted by atomic mass is 10.0. The van der Waals surface area contributed by atoms with Crippen LogP contribution in [0.15, 0.2) is 75.2 Å². The standard InChI is InChI=1S/C26H25N5O4S/c1-14-3-12-19-21(24(33)31-26(28)30-19)22(14)36-18-10-6-16(7-11-18)23(32)29-20(25(34)35-2)13-15-4-8-17(27)9-5-15/h3-12,20H,13,27H2,1-2H3,(H,29,32)(H3,28,30,31,33)/t20-/m0/s1. The second-order valence-electron chi connectivity index (χ2n) is 8.18. The van der Waals surface area contributed by atoms with E-state index < -0.39 is 17.9 Å². The summed E-state index contributed by atoms with van der Waals surface area (Å²) in [6, 6.07) is 16.7. The maximum Gasteiger partial charge on any atom is 0.328 e. The SMILES string of the molecule is COC(=O)[C@H](Cc1ccc(N)cc1)NC(=O)c1ccc(Sc2c(C)ccc3nc(N)[nH]c(=O)c23)cc1. The molecule has 4 rings (SSSR count). The molecule has 4 aromatic rings. The number of carbonyl (C=O) groups is 2. The molecule has 0 saturated heterocycles. The highest BCUT2D eigenvalue weighted by molar-refractivity contribution is 7.99. The van der Waals surface area contributed by atoms with Gasteiger partial charge in [0.15, 0.2) is 0 Å². The molecule has 36 heavy (non-hydrogen) atoms. The second-order valence-corrected chi connectivity index (χ2v) is 9.26. The van der Waals surface area contributed by atoms with Crippen LogP contribution in [0, 0.1) is 6.92 Å². The number of hydrogen-bond acceptors (Lipinski definition) is 8. The molecule has 10 heteroatoms. The van der Waals surface area contributed by atoms with Crippen molar-refractivity contribution in [3.8, 4) is 0 Å². The number of aryl methyl sites for hydroxylation is 1. The minimum Gasteiger partial charge on any atom is -0.467 e. The van der Waals surface area contributed by atoms with Crippen LogP contribution in [0.1, 0.15) is 21.5 Å². The smallest absolute Gasteiger partial charge is 0.328 e. The molecule has 0 radical (unpaired) electrons. The number of H-pyrrole nitrogens is 1. The van der Waals surface area contributed by atoms with Crippen LogP contribution in [0.2, 0.25) is 0 Å². The number of carbonyl (C=O) groups excluding carboxylic acids is 2. The van der Waals surface area contributed by atoms with E-state index in [-0.39, 0.29) is 17.9 Å². The third-order valence-corrected chi connectivity index (χ3v) is 6.83. The molecular weight excluding hydrogens is 478 g/mol. The van der Waals surface area contributed by atoms with Crippen molar-refractivity contribution in [1.29, 1.82) is 0 Å². The minimum atomic E-state index is -0.856. The number of nitrogens with one attached hydrogen (secondary N) is 2. The highest BCUT2D eigenvalue weighted by Gasteiger charge is 2.23. The lowest BCUT2D eigenvalue weighted by Gasteiger charge is -2.17. The molecule has 0 spiro atoms. The number of amides is 1. The first-order valence-corrected chi connectivity index (χ1v) is 11.9. The van der Waals surface area contributed by atoms with Crippen LogP contribution >= 0.6 is 11.8 Å². The van der Waals surface area contributed by atoms with E-state index in [9.17, 15) is 14.4 Å². The highest BCUT2D eigenvalue weighted by Crippen LogP contribution is 2.34. The van der Waals surface area contributed by atoms with Gasteiger partial charge < -0.3 is 21.5 Å². The summed E-state index contributed by atoms with van der Waals surface area (Å²) in [7, 11) is 1.28. The van der Waals surface area contributed by atoms with Crippen LogP contribution < -0.4 is 22.3 Å². The lowest BCUT2D eigenvalue weighted by Crippen LogP contribution is -2.43. The lowest BCUT2D eigenvalue weighted by molar-refractivity contribution is -0.142. The Morgan fingerprint density at radius 2 is 1.75 bits per heavy atom. The van der Waals surface area contributed by atoms with Gasteiger partial charge in [-0.1, -0.05) is 30.0 Å². The van der Waals surface area contributed by atoms with Crippen molar-refractivity contribution in [1.82, 2.24) is 15.3 Å².